The third kappa shape index (κ3) is 3.71. The summed E-state index contributed by atoms with van der Waals surface area (Å²) in [5.74, 6) is -3.36. The SMILES string of the molecule is CCOCC(=O)N1C2C3N(C(C)=O)C(=C4N(C(C)=O)C1C(N4C(C)=O)N3C(=O)c1scc(Br)c1Br)N2C(C)=O. The zero-order valence-electron chi connectivity index (χ0n) is 21.5. The van der Waals surface area contributed by atoms with E-state index < -0.39 is 60.1 Å². The summed E-state index contributed by atoms with van der Waals surface area (Å²) in [6.07, 6.45) is -4.70. The Bertz CT molecular complexity index is 1320. The Balaban J connectivity index is 1.87. The molecule has 6 bridgehead atoms. The van der Waals surface area contributed by atoms with Crippen LogP contribution in [0.25, 0.3) is 0 Å². The molecule has 13 nitrogen and oxygen atoms in total. The molecule has 6 rings (SSSR count). The van der Waals surface area contributed by atoms with E-state index in [-0.39, 0.29) is 29.7 Å². The predicted molar refractivity (Wildman–Crippen MR) is 141 cm³/mol. The molecule has 6 heterocycles. The largest absolute Gasteiger partial charge is 0.372 e. The molecule has 5 aliphatic heterocycles. The molecule has 6 amide bonds. The first-order valence-electron chi connectivity index (χ1n) is 11.9. The summed E-state index contributed by atoms with van der Waals surface area (Å²) in [5, 5.41) is 1.71. The second kappa shape index (κ2) is 9.67. The van der Waals surface area contributed by atoms with Crippen molar-refractivity contribution in [1.82, 2.24) is 29.4 Å². The fourth-order valence-corrected chi connectivity index (χ4v) is 7.89. The first-order valence-corrected chi connectivity index (χ1v) is 14.4. The molecule has 16 heteroatoms. The second-order valence-electron chi connectivity index (χ2n) is 9.24. The maximum absolute atomic E-state index is 14.3. The van der Waals surface area contributed by atoms with Gasteiger partial charge in [-0.25, -0.2) is 0 Å². The molecule has 3 fully saturated rings. The lowest BCUT2D eigenvalue weighted by atomic mass is 10.1. The number of hydrogen-bond donors (Lipinski definition) is 0. The molecule has 0 aliphatic carbocycles. The van der Waals surface area contributed by atoms with E-state index in [0.29, 0.717) is 8.95 Å². The standard InChI is InChI=1S/C23H24Br2N6O7S/c1-6-38-7-14(36)30-19-21-28(11(4)34)17(26(19)9(2)32)18-27(10(3)33)20(30)22(29(18)12(5)35)31(21)23(37)16-15(25)13(24)8-39-16/h8,19-22H,6-7H2,1-5H3. The van der Waals surface area contributed by atoms with Gasteiger partial charge in [0.1, 0.15) is 11.5 Å². The van der Waals surface area contributed by atoms with Crippen LogP contribution in [0.3, 0.4) is 0 Å². The molecule has 4 atom stereocenters. The van der Waals surface area contributed by atoms with E-state index in [2.05, 4.69) is 31.9 Å². The normalized spacial score (nSPS) is 24.8. The van der Waals surface area contributed by atoms with Gasteiger partial charge in [-0.2, -0.15) is 0 Å². The van der Waals surface area contributed by atoms with Gasteiger partial charge < -0.3 is 4.74 Å². The maximum Gasteiger partial charge on any atom is 0.268 e. The fraction of sp³-hybridized carbons (Fsp3) is 0.478. The first-order chi connectivity index (χ1) is 18.4. The van der Waals surface area contributed by atoms with Crippen LogP contribution in [-0.4, -0.2) is 103 Å². The van der Waals surface area contributed by atoms with Crippen LogP contribution < -0.4 is 0 Å². The van der Waals surface area contributed by atoms with Crippen molar-refractivity contribution >= 4 is 78.6 Å². The van der Waals surface area contributed by atoms with Gasteiger partial charge in [0, 0.05) is 44.2 Å². The number of carbonyl (C=O) groups is 6. The van der Waals surface area contributed by atoms with E-state index in [1.54, 1.807) is 12.3 Å². The van der Waals surface area contributed by atoms with Crippen molar-refractivity contribution in [1.29, 1.82) is 0 Å². The van der Waals surface area contributed by atoms with Crippen LogP contribution >= 0.6 is 43.2 Å². The minimum atomic E-state index is -1.18. The molecule has 0 N–H and O–H groups in total. The molecular formula is C23H24Br2N6O7S. The van der Waals surface area contributed by atoms with Gasteiger partial charge in [0.2, 0.25) is 23.6 Å². The molecule has 1 aromatic rings. The van der Waals surface area contributed by atoms with Crippen LogP contribution in [0, 0.1) is 0 Å². The quantitative estimate of drug-likeness (QED) is 0.469. The highest BCUT2D eigenvalue weighted by molar-refractivity contribution is 9.13. The summed E-state index contributed by atoms with van der Waals surface area (Å²) in [4.78, 5) is 88.8. The third-order valence-corrected chi connectivity index (χ3v) is 10.6. The van der Waals surface area contributed by atoms with Gasteiger partial charge in [0.25, 0.3) is 11.8 Å². The number of carbonyl (C=O) groups excluding carboxylic acids is 6. The first kappa shape index (κ1) is 27.7. The van der Waals surface area contributed by atoms with Gasteiger partial charge in [0.05, 0.1) is 4.47 Å². The monoisotopic (exact) mass is 686 g/mol. The maximum atomic E-state index is 14.3. The summed E-state index contributed by atoms with van der Waals surface area (Å²) in [6.45, 7) is 6.60. The van der Waals surface area contributed by atoms with E-state index in [0.717, 1.165) is 11.3 Å². The number of ether oxygens (including phenoxy) is 1. The Labute approximate surface area is 244 Å². The van der Waals surface area contributed by atoms with E-state index in [4.69, 9.17) is 4.74 Å². The molecule has 0 aromatic carbocycles. The van der Waals surface area contributed by atoms with Gasteiger partial charge >= 0.3 is 0 Å². The van der Waals surface area contributed by atoms with Gasteiger partial charge in [-0.15, -0.1) is 11.3 Å². The number of hydrogen-bond acceptors (Lipinski definition) is 8. The van der Waals surface area contributed by atoms with Gasteiger partial charge in [0.15, 0.2) is 36.3 Å². The lowest BCUT2D eigenvalue weighted by Gasteiger charge is -2.53. The van der Waals surface area contributed by atoms with Crippen molar-refractivity contribution in [2.75, 3.05) is 13.2 Å². The summed E-state index contributed by atoms with van der Waals surface area (Å²) >= 11 is 7.95. The Morgan fingerprint density at radius 3 is 1.51 bits per heavy atom. The summed E-state index contributed by atoms with van der Waals surface area (Å²) in [5.41, 5.74) is 0. The van der Waals surface area contributed by atoms with Crippen LogP contribution in [0.5, 0.6) is 0 Å². The third-order valence-electron chi connectivity index (χ3n) is 7.04. The average Bonchev–Trinajstić information content (AvgIpc) is 3.44. The number of thiophene rings is 1. The summed E-state index contributed by atoms with van der Waals surface area (Å²) in [7, 11) is 0. The number of nitrogens with zero attached hydrogens (tertiary/aromatic N) is 6. The highest BCUT2D eigenvalue weighted by Crippen LogP contribution is 2.53. The van der Waals surface area contributed by atoms with Crippen LogP contribution in [0.1, 0.15) is 44.3 Å². The molecule has 39 heavy (non-hydrogen) atoms. The Morgan fingerprint density at radius 2 is 1.18 bits per heavy atom. The predicted octanol–water partition coefficient (Wildman–Crippen LogP) is 1.46. The van der Waals surface area contributed by atoms with Crippen molar-refractivity contribution < 1.29 is 33.5 Å². The number of piperazine rings is 1. The van der Waals surface area contributed by atoms with Gasteiger partial charge in [-0.3, -0.25) is 58.2 Å². The van der Waals surface area contributed by atoms with E-state index >= 15 is 0 Å². The molecule has 0 spiro atoms. The Kier molecular flexibility index (Phi) is 6.88. The lowest BCUT2D eigenvalue weighted by Crippen LogP contribution is -2.77. The number of amides is 6. The van der Waals surface area contributed by atoms with Crippen molar-refractivity contribution in [2.24, 2.45) is 0 Å². The van der Waals surface area contributed by atoms with Crippen molar-refractivity contribution in [3.05, 3.63) is 30.8 Å². The van der Waals surface area contributed by atoms with Crippen molar-refractivity contribution in [3.8, 4) is 0 Å². The molecule has 208 valence electrons. The van der Waals surface area contributed by atoms with Crippen molar-refractivity contribution in [2.45, 2.75) is 59.3 Å². The molecule has 0 radical (unpaired) electrons. The fourth-order valence-electron chi connectivity index (χ4n) is 5.81. The smallest absolute Gasteiger partial charge is 0.268 e. The van der Waals surface area contributed by atoms with Gasteiger partial charge in [-0.1, -0.05) is 0 Å². The highest BCUT2D eigenvalue weighted by atomic mass is 79.9. The zero-order valence-corrected chi connectivity index (χ0v) is 25.5. The molecular weight excluding hydrogens is 664 g/mol. The van der Waals surface area contributed by atoms with Crippen LogP contribution in [0.2, 0.25) is 0 Å². The average molecular weight is 688 g/mol. The number of halogens is 2. The summed E-state index contributed by atoms with van der Waals surface area (Å²) < 4.78 is 6.49. The molecule has 1 aromatic heterocycles. The lowest BCUT2D eigenvalue weighted by molar-refractivity contribution is -0.179. The highest BCUT2D eigenvalue weighted by Gasteiger charge is 2.72. The molecule has 4 unspecified atom stereocenters. The Morgan fingerprint density at radius 1 is 0.769 bits per heavy atom. The minimum absolute atomic E-state index is 0.0312. The molecule has 3 saturated heterocycles. The van der Waals surface area contributed by atoms with Crippen LogP contribution in [0.15, 0.2) is 26.0 Å². The van der Waals surface area contributed by atoms with Crippen molar-refractivity contribution in [3.63, 3.8) is 0 Å². The number of rotatable bonds is 4. The van der Waals surface area contributed by atoms with Crippen LogP contribution in [0.4, 0.5) is 0 Å². The van der Waals surface area contributed by atoms with E-state index in [1.807, 2.05) is 0 Å². The summed E-state index contributed by atoms with van der Waals surface area (Å²) in [6, 6.07) is 0. The van der Waals surface area contributed by atoms with E-state index in [1.165, 1.54) is 57.1 Å². The van der Waals surface area contributed by atoms with Crippen LogP contribution in [-0.2, 0) is 28.7 Å². The van der Waals surface area contributed by atoms with E-state index in [9.17, 15) is 28.8 Å². The minimum Gasteiger partial charge on any atom is -0.372 e. The molecule has 0 saturated carbocycles. The zero-order chi connectivity index (χ0) is 28.7. The van der Waals surface area contributed by atoms with Gasteiger partial charge in [-0.05, 0) is 38.8 Å². The second-order valence-corrected chi connectivity index (χ2v) is 11.8. The Hall–Kier alpha value is -2.82. The molecule has 5 aliphatic rings. The topological polar surface area (TPSA) is 131 Å².